The fraction of sp³-hybridized carbons (Fsp3) is 0. The first-order valence-electron chi connectivity index (χ1n) is 6.31. The van der Waals surface area contributed by atoms with Crippen molar-refractivity contribution in [3.05, 3.63) is 48.8 Å². The Kier molecular flexibility index (Phi) is 2.32. The van der Waals surface area contributed by atoms with E-state index in [2.05, 4.69) is 15.0 Å². The molecule has 4 rings (SSSR count). The summed E-state index contributed by atoms with van der Waals surface area (Å²) in [5, 5.41) is 0.860. The van der Waals surface area contributed by atoms with Crippen LogP contribution in [0.3, 0.4) is 0 Å². The lowest BCUT2D eigenvalue weighted by molar-refractivity contribution is -0.120. The molecule has 3 aliphatic heterocycles. The minimum Gasteiger partial charge on any atom is -0.269 e. The van der Waals surface area contributed by atoms with Crippen LogP contribution in [0.15, 0.2) is 48.8 Å². The van der Waals surface area contributed by atoms with E-state index >= 15 is 0 Å². The van der Waals surface area contributed by atoms with Crippen LogP contribution in [0.25, 0.3) is 22.3 Å². The number of rotatable bonds is 1. The highest BCUT2D eigenvalue weighted by Crippen LogP contribution is 2.29. The van der Waals surface area contributed by atoms with Gasteiger partial charge in [0.05, 0.1) is 17.9 Å². The number of carbonyl (C=O) groups excluding carboxylic acids is 2. The molecule has 0 atom stereocenters. The number of hydrogen-bond acceptors (Lipinski definition) is 5. The maximum absolute atomic E-state index is 11.8. The van der Waals surface area contributed by atoms with Crippen LogP contribution in [0.4, 0.5) is 5.82 Å². The normalized spacial score (nSPS) is 14.6. The zero-order valence-corrected chi connectivity index (χ0v) is 10.7. The molecule has 1 aromatic rings. The van der Waals surface area contributed by atoms with Gasteiger partial charge >= 0.3 is 0 Å². The number of imide groups is 1. The number of aromatic nitrogens is 3. The van der Waals surface area contributed by atoms with Crippen molar-refractivity contribution in [3.63, 3.8) is 0 Å². The molecule has 21 heavy (non-hydrogen) atoms. The second-order valence-corrected chi connectivity index (χ2v) is 4.59. The molecular weight excluding hydrogens is 268 g/mol. The van der Waals surface area contributed by atoms with E-state index in [1.807, 2.05) is 24.3 Å². The quantitative estimate of drug-likeness (QED) is 0.630. The van der Waals surface area contributed by atoms with E-state index in [9.17, 15) is 9.59 Å². The van der Waals surface area contributed by atoms with Gasteiger partial charge in [-0.25, -0.2) is 14.9 Å². The van der Waals surface area contributed by atoms with Crippen LogP contribution < -0.4 is 4.90 Å². The van der Waals surface area contributed by atoms with Gasteiger partial charge in [0.1, 0.15) is 11.4 Å². The Labute approximate surface area is 119 Å². The summed E-state index contributed by atoms with van der Waals surface area (Å²) in [5.41, 5.74) is 2.04. The third kappa shape index (κ3) is 1.69. The second-order valence-electron chi connectivity index (χ2n) is 4.59. The van der Waals surface area contributed by atoms with E-state index in [1.165, 1.54) is 18.3 Å². The van der Waals surface area contributed by atoms with Gasteiger partial charge in [-0.15, -0.1) is 0 Å². The Morgan fingerprint density at radius 1 is 0.905 bits per heavy atom. The molecule has 0 fully saturated rings. The van der Waals surface area contributed by atoms with Crippen LogP contribution in [-0.4, -0.2) is 26.8 Å². The van der Waals surface area contributed by atoms with Gasteiger partial charge in [-0.3, -0.25) is 14.6 Å². The van der Waals surface area contributed by atoms with Crippen LogP contribution in [0.1, 0.15) is 0 Å². The average molecular weight is 276 g/mol. The maximum atomic E-state index is 11.8. The highest BCUT2D eigenvalue weighted by atomic mass is 16.2. The van der Waals surface area contributed by atoms with Gasteiger partial charge in [-0.1, -0.05) is 18.2 Å². The highest BCUT2D eigenvalue weighted by molar-refractivity contribution is 6.27. The Balaban J connectivity index is 1.97. The number of hydrogen-bond donors (Lipinski definition) is 0. The second kappa shape index (κ2) is 4.17. The standard InChI is InChI=1S/C15H8N4O2/c20-13-5-6-14(21)19(13)12-8-16-7-11-15(18-12)9-3-1-2-4-10(9)17-11/h1-8H. The molecular formula is C15H8N4O2. The monoisotopic (exact) mass is 276 g/mol. The van der Waals surface area contributed by atoms with Gasteiger partial charge < -0.3 is 0 Å². The molecule has 0 spiro atoms. The molecule has 0 N–H and O–H groups in total. The number of anilines is 1. The summed E-state index contributed by atoms with van der Waals surface area (Å²) in [7, 11) is 0. The van der Waals surface area contributed by atoms with Crippen molar-refractivity contribution in [1.82, 2.24) is 15.0 Å². The summed E-state index contributed by atoms with van der Waals surface area (Å²) in [6.45, 7) is 0. The zero-order valence-electron chi connectivity index (χ0n) is 10.7. The van der Waals surface area contributed by atoms with Crippen molar-refractivity contribution < 1.29 is 9.59 Å². The first kappa shape index (κ1) is 11.7. The molecule has 0 saturated heterocycles. The molecule has 3 heterocycles. The van der Waals surface area contributed by atoms with E-state index in [1.54, 1.807) is 6.20 Å². The first-order chi connectivity index (χ1) is 10.2. The first-order valence-corrected chi connectivity index (χ1v) is 6.31. The third-order valence-electron chi connectivity index (χ3n) is 3.29. The Bertz CT molecular complexity index is 885. The molecule has 0 radical (unpaired) electrons. The van der Waals surface area contributed by atoms with E-state index in [-0.39, 0.29) is 5.82 Å². The van der Waals surface area contributed by atoms with Crippen LogP contribution in [0.2, 0.25) is 0 Å². The molecule has 0 aromatic heterocycles. The number of carbonyl (C=O) groups is 2. The number of para-hydroxylation sites is 1. The average Bonchev–Trinajstić information content (AvgIpc) is 2.92. The fourth-order valence-corrected chi connectivity index (χ4v) is 2.35. The predicted octanol–water partition coefficient (Wildman–Crippen LogP) is 1.56. The van der Waals surface area contributed by atoms with Gasteiger partial charge in [-0.2, -0.15) is 0 Å². The zero-order chi connectivity index (χ0) is 14.4. The molecule has 6 heteroatoms. The van der Waals surface area contributed by atoms with Crippen molar-refractivity contribution in [2.45, 2.75) is 0 Å². The molecule has 100 valence electrons. The van der Waals surface area contributed by atoms with E-state index < -0.39 is 11.8 Å². The lowest BCUT2D eigenvalue weighted by Gasteiger charge is -2.10. The summed E-state index contributed by atoms with van der Waals surface area (Å²) >= 11 is 0. The summed E-state index contributed by atoms with van der Waals surface area (Å²) in [6.07, 6.45) is 5.40. The molecule has 2 amide bonds. The Hall–Kier alpha value is -3.15. The fourth-order valence-electron chi connectivity index (χ4n) is 2.35. The molecule has 0 aliphatic carbocycles. The van der Waals surface area contributed by atoms with Crippen LogP contribution in [0.5, 0.6) is 0 Å². The molecule has 0 bridgehead atoms. The Morgan fingerprint density at radius 2 is 1.67 bits per heavy atom. The number of fused-ring (bicyclic) bond motifs is 3. The van der Waals surface area contributed by atoms with E-state index in [4.69, 9.17) is 0 Å². The van der Waals surface area contributed by atoms with Crippen molar-refractivity contribution in [2.24, 2.45) is 0 Å². The van der Waals surface area contributed by atoms with Gasteiger partial charge in [0.25, 0.3) is 11.8 Å². The number of nitrogens with zero attached hydrogens (tertiary/aromatic N) is 4. The van der Waals surface area contributed by atoms with Crippen molar-refractivity contribution >= 4 is 28.5 Å². The molecule has 0 unspecified atom stereocenters. The van der Waals surface area contributed by atoms with Gasteiger partial charge in [0.15, 0.2) is 5.82 Å². The minimum absolute atomic E-state index is 0.197. The smallest absolute Gasteiger partial charge is 0.259 e. The summed E-state index contributed by atoms with van der Waals surface area (Å²) in [6, 6.07) is 7.55. The summed E-state index contributed by atoms with van der Waals surface area (Å²) in [5.74, 6) is -0.641. The van der Waals surface area contributed by atoms with Crippen molar-refractivity contribution in [1.29, 1.82) is 0 Å². The topological polar surface area (TPSA) is 76.1 Å². The van der Waals surface area contributed by atoms with Crippen LogP contribution >= 0.6 is 0 Å². The van der Waals surface area contributed by atoms with Gasteiger partial charge in [0.2, 0.25) is 0 Å². The Morgan fingerprint density at radius 3 is 2.48 bits per heavy atom. The number of benzene rings is 1. The van der Waals surface area contributed by atoms with Crippen LogP contribution in [-0.2, 0) is 9.59 Å². The summed E-state index contributed by atoms with van der Waals surface area (Å²) in [4.78, 5) is 37.5. The van der Waals surface area contributed by atoms with Gasteiger partial charge in [0, 0.05) is 17.5 Å². The summed E-state index contributed by atoms with van der Waals surface area (Å²) < 4.78 is 0. The molecule has 0 saturated carbocycles. The van der Waals surface area contributed by atoms with E-state index in [0.29, 0.717) is 11.4 Å². The maximum Gasteiger partial charge on any atom is 0.259 e. The van der Waals surface area contributed by atoms with Gasteiger partial charge in [-0.05, 0) is 6.07 Å². The minimum atomic E-state index is -0.419. The predicted molar refractivity (Wildman–Crippen MR) is 75.6 cm³/mol. The van der Waals surface area contributed by atoms with Crippen molar-refractivity contribution in [2.75, 3.05) is 4.90 Å². The lowest BCUT2D eigenvalue weighted by Crippen LogP contribution is -2.30. The SMILES string of the molecule is O=C1C=CC(=O)N1c1cncc2nc3ccccc3c-2n1. The molecule has 3 aliphatic rings. The van der Waals surface area contributed by atoms with Crippen molar-refractivity contribution in [3.8, 4) is 11.4 Å². The largest absolute Gasteiger partial charge is 0.269 e. The highest BCUT2D eigenvalue weighted by Gasteiger charge is 2.27. The van der Waals surface area contributed by atoms with Crippen LogP contribution in [0, 0.1) is 0 Å². The molecule has 1 aromatic carbocycles. The number of amides is 2. The lowest BCUT2D eigenvalue weighted by atomic mass is 10.2. The molecule has 6 nitrogen and oxygen atoms in total. The third-order valence-corrected chi connectivity index (χ3v) is 3.29. The van der Waals surface area contributed by atoms with E-state index in [0.717, 1.165) is 15.8 Å².